The van der Waals surface area contributed by atoms with Crippen molar-refractivity contribution in [2.75, 3.05) is 18.2 Å². The third-order valence-electron chi connectivity index (χ3n) is 1.83. The van der Waals surface area contributed by atoms with Crippen molar-refractivity contribution in [2.45, 2.75) is 19.4 Å². The zero-order chi connectivity index (χ0) is 12.1. The highest BCUT2D eigenvalue weighted by atomic mass is 16.5. The zero-order valence-corrected chi connectivity index (χ0v) is 9.23. The minimum Gasteiger partial charge on any atom is -0.481 e. The molecule has 1 aromatic heterocycles. The molecule has 0 bridgehead atoms. The Balaban J connectivity index is 2.72. The first-order valence-electron chi connectivity index (χ1n) is 4.74. The summed E-state index contributed by atoms with van der Waals surface area (Å²) in [6.45, 7) is 1.82. The first-order chi connectivity index (χ1) is 7.51. The van der Waals surface area contributed by atoms with Gasteiger partial charge < -0.3 is 21.5 Å². The number of hydrogen-bond donors (Lipinski definition) is 3. The summed E-state index contributed by atoms with van der Waals surface area (Å²) in [7, 11) is 1.48. The zero-order valence-electron chi connectivity index (χ0n) is 9.23. The van der Waals surface area contributed by atoms with E-state index in [1.54, 1.807) is 6.07 Å². The number of nitrogen functional groups attached to an aromatic ring is 1. The molecule has 7 nitrogen and oxygen atoms in total. The van der Waals surface area contributed by atoms with Gasteiger partial charge in [-0.2, -0.15) is 9.97 Å². The van der Waals surface area contributed by atoms with E-state index in [4.69, 9.17) is 16.2 Å². The quantitative estimate of drug-likeness (QED) is 0.636. The second kappa shape index (κ2) is 5.15. The summed E-state index contributed by atoms with van der Waals surface area (Å²) in [5, 5.41) is 2.98. The number of nitrogens with two attached hydrogens (primary N) is 2. The Hall–Kier alpha value is -2.05. The van der Waals surface area contributed by atoms with Crippen LogP contribution in [-0.2, 0) is 4.79 Å². The summed E-state index contributed by atoms with van der Waals surface area (Å²) in [4.78, 5) is 18.5. The van der Waals surface area contributed by atoms with Crippen molar-refractivity contribution >= 4 is 17.7 Å². The lowest BCUT2D eigenvalue weighted by molar-refractivity contribution is -0.118. The predicted octanol–water partition coefficient (Wildman–Crippen LogP) is -0.257. The number of carbonyl (C=O) groups is 1. The first-order valence-corrected chi connectivity index (χ1v) is 4.74. The van der Waals surface area contributed by atoms with Crippen LogP contribution in [0.4, 0.5) is 11.8 Å². The molecule has 0 aromatic carbocycles. The van der Waals surface area contributed by atoms with Gasteiger partial charge in [-0.25, -0.2) is 0 Å². The number of aromatic nitrogens is 2. The van der Waals surface area contributed by atoms with Gasteiger partial charge in [0.05, 0.1) is 7.11 Å². The molecule has 1 atom stereocenters. The van der Waals surface area contributed by atoms with Gasteiger partial charge in [-0.05, 0) is 6.92 Å². The van der Waals surface area contributed by atoms with E-state index in [0.29, 0.717) is 11.7 Å². The molecule has 7 heteroatoms. The number of methoxy groups -OCH3 is 1. The van der Waals surface area contributed by atoms with Crippen LogP contribution in [0.25, 0.3) is 0 Å². The number of hydrogen-bond acceptors (Lipinski definition) is 6. The van der Waals surface area contributed by atoms with Gasteiger partial charge in [-0.3, -0.25) is 4.79 Å². The molecule has 1 unspecified atom stereocenters. The average Bonchev–Trinajstić information content (AvgIpc) is 2.14. The molecule has 0 fully saturated rings. The van der Waals surface area contributed by atoms with E-state index in [1.807, 2.05) is 6.92 Å². The Morgan fingerprint density at radius 1 is 1.62 bits per heavy atom. The van der Waals surface area contributed by atoms with Crippen molar-refractivity contribution in [1.82, 2.24) is 9.97 Å². The van der Waals surface area contributed by atoms with Gasteiger partial charge in [-0.15, -0.1) is 0 Å². The first kappa shape index (κ1) is 12.0. The Labute approximate surface area is 93.2 Å². The third-order valence-corrected chi connectivity index (χ3v) is 1.83. The molecule has 0 radical (unpaired) electrons. The van der Waals surface area contributed by atoms with E-state index in [-0.39, 0.29) is 24.3 Å². The highest BCUT2D eigenvalue weighted by molar-refractivity contribution is 5.74. The van der Waals surface area contributed by atoms with Crippen LogP contribution in [0.3, 0.4) is 0 Å². The van der Waals surface area contributed by atoms with Crippen LogP contribution < -0.4 is 21.5 Å². The summed E-state index contributed by atoms with van der Waals surface area (Å²) >= 11 is 0. The highest BCUT2D eigenvalue weighted by Crippen LogP contribution is 2.15. The van der Waals surface area contributed by atoms with Gasteiger partial charge >= 0.3 is 0 Å². The summed E-state index contributed by atoms with van der Waals surface area (Å²) in [6.07, 6.45) is 0.215. The van der Waals surface area contributed by atoms with Crippen molar-refractivity contribution in [1.29, 1.82) is 0 Å². The number of ether oxygens (including phenoxy) is 1. The number of primary amides is 1. The minimum absolute atomic E-state index is 0.105. The fourth-order valence-electron chi connectivity index (χ4n) is 1.23. The fourth-order valence-corrected chi connectivity index (χ4v) is 1.23. The molecule has 0 aliphatic rings. The molecule has 1 aromatic rings. The topological polar surface area (TPSA) is 116 Å². The van der Waals surface area contributed by atoms with Crippen LogP contribution in [0.15, 0.2) is 6.07 Å². The van der Waals surface area contributed by atoms with Crippen LogP contribution in [0, 0.1) is 0 Å². The van der Waals surface area contributed by atoms with Crippen LogP contribution in [-0.4, -0.2) is 29.0 Å². The van der Waals surface area contributed by atoms with E-state index in [0.717, 1.165) is 0 Å². The number of carbonyl (C=O) groups excluding carboxylic acids is 1. The van der Waals surface area contributed by atoms with E-state index < -0.39 is 0 Å². The van der Waals surface area contributed by atoms with Crippen molar-refractivity contribution < 1.29 is 9.53 Å². The Morgan fingerprint density at radius 3 is 2.88 bits per heavy atom. The van der Waals surface area contributed by atoms with Crippen LogP contribution in [0.5, 0.6) is 5.88 Å². The largest absolute Gasteiger partial charge is 0.481 e. The van der Waals surface area contributed by atoms with E-state index >= 15 is 0 Å². The fraction of sp³-hybridized carbons (Fsp3) is 0.444. The molecule has 0 spiro atoms. The molecule has 0 aliphatic carbocycles. The van der Waals surface area contributed by atoms with Crippen molar-refractivity contribution in [3.63, 3.8) is 0 Å². The Bertz CT molecular complexity index is 382. The molecule has 1 amide bonds. The third kappa shape index (κ3) is 3.60. The number of amides is 1. The smallest absolute Gasteiger partial charge is 0.225 e. The summed E-state index contributed by atoms with van der Waals surface area (Å²) in [5.74, 6) is 0.585. The monoisotopic (exact) mass is 225 g/mol. The van der Waals surface area contributed by atoms with Crippen molar-refractivity contribution in [2.24, 2.45) is 5.73 Å². The Morgan fingerprint density at radius 2 is 2.31 bits per heavy atom. The van der Waals surface area contributed by atoms with Crippen LogP contribution in [0.1, 0.15) is 13.3 Å². The molecule has 0 saturated carbocycles. The molecule has 5 N–H and O–H groups in total. The summed E-state index contributed by atoms with van der Waals surface area (Å²) in [6, 6.07) is 1.46. The molecule has 0 saturated heterocycles. The average molecular weight is 225 g/mol. The molecular formula is C9H15N5O2. The summed E-state index contributed by atoms with van der Waals surface area (Å²) in [5.41, 5.74) is 10.6. The SMILES string of the molecule is COc1cc(NC(C)CC(N)=O)nc(N)n1. The van der Waals surface area contributed by atoms with E-state index in [1.165, 1.54) is 7.11 Å². The van der Waals surface area contributed by atoms with Gasteiger partial charge in [0.1, 0.15) is 5.82 Å². The number of rotatable bonds is 5. The normalized spacial score (nSPS) is 11.9. The molecule has 88 valence electrons. The van der Waals surface area contributed by atoms with Gasteiger partial charge in [0, 0.05) is 18.5 Å². The summed E-state index contributed by atoms with van der Waals surface area (Å²) < 4.78 is 4.94. The van der Waals surface area contributed by atoms with Gasteiger partial charge in [0.2, 0.25) is 17.7 Å². The number of nitrogens with zero attached hydrogens (tertiary/aromatic N) is 2. The van der Waals surface area contributed by atoms with Gasteiger partial charge in [0.25, 0.3) is 0 Å². The lowest BCUT2D eigenvalue weighted by Crippen LogP contribution is -2.24. The number of anilines is 2. The van der Waals surface area contributed by atoms with Crippen molar-refractivity contribution in [3.05, 3.63) is 6.07 Å². The molecule has 0 aliphatic heterocycles. The maximum absolute atomic E-state index is 10.7. The Kier molecular flexibility index (Phi) is 3.87. The maximum atomic E-state index is 10.7. The van der Waals surface area contributed by atoms with E-state index in [2.05, 4.69) is 15.3 Å². The second-order valence-corrected chi connectivity index (χ2v) is 3.37. The molecule has 1 heterocycles. The lowest BCUT2D eigenvalue weighted by atomic mass is 10.2. The molecule has 16 heavy (non-hydrogen) atoms. The molecule has 1 rings (SSSR count). The predicted molar refractivity (Wildman–Crippen MR) is 59.9 cm³/mol. The molecular weight excluding hydrogens is 210 g/mol. The standard InChI is InChI=1S/C9H15N5O2/c1-5(3-6(10)15)12-7-4-8(16-2)14-9(11)13-7/h4-5H,3H2,1-2H3,(H2,10,15)(H3,11,12,13,14). The highest BCUT2D eigenvalue weighted by Gasteiger charge is 2.08. The van der Waals surface area contributed by atoms with Crippen LogP contribution in [0.2, 0.25) is 0 Å². The van der Waals surface area contributed by atoms with E-state index in [9.17, 15) is 4.79 Å². The lowest BCUT2D eigenvalue weighted by Gasteiger charge is -2.13. The minimum atomic E-state index is -0.381. The van der Waals surface area contributed by atoms with Crippen molar-refractivity contribution in [3.8, 4) is 5.88 Å². The maximum Gasteiger partial charge on any atom is 0.225 e. The van der Waals surface area contributed by atoms with Crippen LogP contribution >= 0.6 is 0 Å². The number of nitrogens with one attached hydrogen (secondary N) is 1. The second-order valence-electron chi connectivity index (χ2n) is 3.37. The van der Waals surface area contributed by atoms with Gasteiger partial charge in [-0.1, -0.05) is 0 Å². The van der Waals surface area contributed by atoms with Gasteiger partial charge in [0.15, 0.2) is 0 Å².